The van der Waals surface area contributed by atoms with Gasteiger partial charge in [-0.15, -0.1) is 0 Å². The van der Waals surface area contributed by atoms with Crippen molar-refractivity contribution < 1.29 is 44.3 Å². The molecule has 8 N–H and O–H groups in total. The molecule has 0 radical (unpaired) electrons. The molecule has 9 nitrogen and oxygen atoms in total. The van der Waals surface area contributed by atoms with Gasteiger partial charge in [0.15, 0.2) is 0 Å². The van der Waals surface area contributed by atoms with E-state index in [0.717, 1.165) is 37.7 Å². The van der Waals surface area contributed by atoms with Crippen molar-refractivity contribution in [1.29, 1.82) is 0 Å². The Morgan fingerprint density at radius 3 is 1.48 bits per heavy atom. The van der Waals surface area contributed by atoms with Gasteiger partial charge in [0.2, 0.25) is 0 Å². The van der Waals surface area contributed by atoms with Gasteiger partial charge in [-0.2, -0.15) is 0 Å². The van der Waals surface area contributed by atoms with E-state index in [1.165, 1.54) is 76.2 Å². The van der Waals surface area contributed by atoms with Crippen molar-refractivity contribution in [3.8, 4) is 0 Å². The number of aliphatic hydroxyl groups excluding tert-OH is 3. The second-order valence-corrected chi connectivity index (χ2v) is 13.8. The van der Waals surface area contributed by atoms with Gasteiger partial charge < -0.3 is 40.0 Å². The Balaban J connectivity index is 0.00000135. The van der Waals surface area contributed by atoms with Crippen LogP contribution in [0.1, 0.15) is 126 Å². The van der Waals surface area contributed by atoms with Crippen LogP contribution in [0.2, 0.25) is 0 Å². The SMILES string of the molecule is CCCCCCCCCc1ccc(C(O)(c2ccccc2)C(CO)(CO)CO)c(CCCCCCCCC)c1.OP(O)OP(O)O. The summed E-state index contributed by atoms with van der Waals surface area (Å²) in [7, 11) is -5.22. The van der Waals surface area contributed by atoms with Crippen molar-refractivity contribution in [3.05, 3.63) is 70.8 Å². The molecule has 0 aliphatic heterocycles. The lowest BCUT2D eigenvalue weighted by molar-refractivity contribution is -0.136. The van der Waals surface area contributed by atoms with Crippen LogP contribution in [0.15, 0.2) is 48.5 Å². The van der Waals surface area contributed by atoms with Crippen LogP contribution in [0, 0.1) is 5.41 Å². The molecule has 2 aromatic rings. The molecule has 0 amide bonds. The van der Waals surface area contributed by atoms with Crippen molar-refractivity contribution in [2.45, 2.75) is 122 Å². The van der Waals surface area contributed by atoms with Crippen LogP contribution >= 0.6 is 17.2 Å². The number of hydrogen-bond donors (Lipinski definition) is 8. The van der Waals surface area contributed by atoms with E-state index >= 15 is 0 Å². The van der Waals surface area contributed by atoms with Gasteiger partial charge in [0, 0.05) is 0 Å². The van der Waals surface area contributed by atoms with Crippen molar-refractivity contribution >= 4 is 17.2 Å². The lowest BCUT2D eigenvalue weighted by atomic mass is 9.64. The third-order valence-corrected chi connectivity index (χ3v) is 9.86. The summed E-state index contributed by atoms with van der Waals surface area (Å²) in [4.78, 5) is 31.3. The Hall–Kier alpha value is -1.06. The second-order valence-electron chi connectivity index (χ2n) is 12.2. The molecule has 0 aromatic heterocycles. The molecular formula is C35H60O9P2. The first kappa shape index (κ1) is 43.0. The molecule has 0 aliphatic carbocycles. The quantitative estimate of drug-likeness (QED) is 0.0432. The highest BCUT2D eigenvalue weighted by Crippen LogP contribution is 2.46. The molecule has 0 saturated carbocycles. The molecule has 0 bridgehead atoms. The summed E-state index contributed by atoms with van der Waals surface area (Å²) in [6.07, 6.45) is 19.2. The van der Waals surface area contributed by atoms with Crippen LogP contribution in [0.3, 0.4) is 0 Å². The fourth-order valence-electron chi connectivity index (χ4n) is 5.91. The predicted molar refractivity (Wildman–Crippen MR) is 187 cm³/mol. The number of hydrogen-bond acceptors (Lipinski definition) is 9. The Labute approximate surface area is 279 Å². The highest BCUT2D eigenvalue weighted by molar-refractivity contribution is 7.53. The number of aliphatic hydroxyl groups is 4. The van der Waals surface area contributed by atoms with Crippen LogP contribution in [0.5, 0.6) is 0 Å². The number of rotatable bonds is 24. The normalized spacial score (nSPS) is 13.1. The highest BCUT2D eigenvalue weighted by atomic mass is 31.2. The summed E-state index contributed by atoms with van der Waals surface area (Å²) < 4.78 is 3.60. The van der Waals surface area contributed by atoms with Gasteiger partial charge in [0.1, 0.15) is 5.60 Å². The second kappa shape index (κ2) is 25.0. The van der Waals surface area contributed by atoms with Crippen molar-refractivity contribution in [2.24, 2.45) is 5.41 Å². The van der Waals surface area contributed by atoms with Crippen LogP contribution in [-0.2, 0) is 22.8 Å². The van der Waals surface area contributed by atoms with Crippen molar-refractivity contribution in [2.75, 3.05) is 19.8 Å². The van der Waals surface area contributed by atoms with Crippen molar-refractivity contribution in [3.63, 3.8) is 0 Å². The van der Waals surface area contributed by atoms with Crippen LogP contribution in [0.25, 0.3) is 0 Å². The molecule has 1 unspecified atom stereocenters. The first-order valence-corrected chi connectivity index (χ1v) is 19.2. The van der Waals surface area contributed by atoms with Crippen LogP contribution in [-0.4, -0.2) is 59.8 Å². The maximum atomic E-state index is 12.5. The predicted octanol–water partition coefficient (Wildman–Crippen LogP) is 6.90. The maximum Gasteiger partial charge on any atom is 0.334 e. The van der Waals surface area contributed by atoms with E-state index in [1.807, 2.05) is 36.4 Å². The Morgan fingerprint density at radius 1 is 0.587 bits per heavy atom. The smallest absolute Gasteiger partial charge is 0.334 e. The number of unbranched alkanes of at least 4 members (excludes halogenated alkanes) is 12. The summed E-state index contributed by atoms with van der Waals surface area (Å²) in [6, 6.07) is 15.5. The van der Waals surface area contributed by atoms with Crippen LogP contribution in [0.4, 0.5) is 0 Å². The van der Waals surface area contributed by atoms with E-state index in [4.69, 9.17) is 19.6 Å². The fraction of sp³-hybridized carbons (Fsp3) is 0.657. The topological polar surface area (TPSA) is 171 Å². The van der Waals surface area contributed by atoms with E-state index < -0.39 is 48.0 Å². The third kappa shape index (κ3) is 14.6. The Morgan fingerprint density at radius 2 is 1.04 bits per heavy atom. The third-order valence-electron chi connectivity index (χ3n) is 8.69. The van der Waals surface area contributed by atoms with Gasteiger partial charge in [-0.25, -0.2) is 4.31 Å². The highest BCUT2D eigenvalue weighted by Gasteiger charge is 2.53. The minimum Gasteiger partial charge on any atom is -0.395 e. The molecule has 1 atom stereocenters. The lowest BCUT2D eigenvalue weighted by Crippen LogP contribution is -2.54. The maximum absolute atomic E-state index is 12.5. The molecule has 11 heteroatoms. The first-order valence-electron chi connectivity index (χ1n) is 16.9. The van der Waals surface area contributed by atoms with Gasteiger partial charge in [0.05, 0.1) is 25.2 Å². The fourth-order valence-corrected chi connectivity index (χ4v) is 6.43. The van der Waals surface area contributed by atoms with Crippen LogP contribution < -0.4 is 0 Å². The van der Waals surface area contributed by atoms with Gasteiger partial charge in [0.25, 0.3) is 0 Å². The minimum atomic E-state index is -2.61. The average Bonchev–Trinajstić information content (AvgIpc) is 3.05. The minimum absolute atomic E-state index is 0.540. The number of benzene rings is 2. The van der Waals surface area contributed by atoms with Gasteiger partial charge in [-0.05, 0) is 47.9 Å². The van der Waals surface area contributed by atoms with E-state index in [-0.39, 0.29) is 0 Å². The zero-order chi connectivity index (χ0) is 34.3. The molecule has 0 fully saturated rings. The molecule has 0 heterocycles. The molecule has 46 heavy (non-hydrogen) atoms. The zero-order valence-corrected chi connectivity index (χ0v) is 29.7. The van der Waals surface area contributed by atoms with Crippen molar-refractivity contribution in [1.82, 2.24) is 0 Å². The first-order chi connectivity index (χ1) is 22.1. The molecule has 2 rings (SSSR count). The standard InChI is InChI=1S/C35H56O4.H4O5P2/c1-3-5-7-9-11-13-16-20-30-24-25-33(31(26-30)21-17-14-12-10-8-6-4-2)35(39,32-22-18-15-19-23-32)34(27-36,28-37)29-38;1-6(2)5-7(3)4/h15,18-19,22-26,36-39H,3-14,16-17,20-21,27-29H2,1-2H3;1-4H. The van der Waals surface area contributed by atoms with Gasteiger partial charge in [-0.3, -0.25) is 0 Å². The Bertz CT molecular complexity index is 1010. The monoisotopic (exact) mass is 686 g/mol. The zero-order valence-electron chi connectivity index (χ0n) is 27.9. The summed E-state index contributed by atoms with van der Waals surface area (Å²) in [5, 5.41) is 43.8. The van der Waals surface area contributed by atoms with E-state index in [9.17, 15) is 20.4 Å². The summed E-state index contributed by atoms with van der Waals surface area (Å²) in [5.41, 5.74) is 0.311. The van der Waals surface area contributed by atoms with Gasteiger partial charge >= 0.3 is 17.2 Å². The van der Waals surface area contributed by atoms with E-state index in [0.29, 0.717) is 11.1 Å². The lowest BCUT2D eigenvalue weighted by Gasteiger charge is -2.46. The summed E-state index contributed by atoms with van der Waals surface area (Å²) >= 11 is 0. The number of aryl methyl sites for hydroxylation is 2. The summed E-state index contributed by atoms with van der Waals surface area (Å²) in [6.45, 7) is 2.87. The van der Waals surface area contributed by atoms with E-state index in [2.05, 4.69) is 30.3 Å². The molecular weight excluding hydrogens is 626 g/mol. The largest absolute Gasteiger partial charge is 0.395 e. The van der Waals surface area contributed by atoms with E-state index in [1.54, 1.807) is 0 Å². The molecule has 2 aromatic carbocycles. The molecule has 0 saturated heterocycles. The molecule has 0 aliphatic rings. The molecule has 264 valence electrons. The summed E-state index contributed by atoms with van der Waals surface area (Å²) in [5.74, 6) is 0. The van der Waals surface area contributed by atoms with Gasteiger partial charge in [-0.1, -0.05) is 139 Å². The molecule has 0 spiro atoms. The Kier molecular flexibility index (Phi) is 23.3. The average molecular weight is 687 g/mol.